The summed E-state index contributed by atoms with van der Waals surface area (Å²) in [7, 11) is 1.54. The molecule has 0 aliphatic heterocycles. The van der Waals surface area contributed by atoms with Gasteiger partial charge in [0.25, 0.3) is 0 Å². The number of pyridine rings is 1. The van der Waals surface area contributed by atoms with Gasteiger partial charge in [-0.2, -0.15) is 4.98 Å². The number of nitrogens with two attached hydrogens (primary N) is 1. The fourth-order valence-electron chi connectivity index (χ4n) is 1.03. The van der Waals surface area contributed by atoms with Crippen molar-refractivity contribution in [2.24, 2.45) is 0 Å². The third kappa shape index (κ3) is 2.99. The first-order valence-corrected chi connectivity index (χ1v) is 4.68. The van der Waals surface area contributed by atoms with Crippen molar-refractivity contribution in [1.82, 2.24) is 4.98 Å². The molecule has 0 saturated heterocycles. The topological polar surface area (TPSA) is 80.4 Å². The Bertz CT molecular complexity index is 339. The molecule has 0 saturated carbocycles. The van der Waals surface area contributed by atoms with Gasteiger partial charge >= 0.3 is 0 Å². The molecule has 5 heteroatoms. The van der Waals surface area contributed by atoms with Crippen molar-refractivity contribution < 1.29 is 9.84 Å². The molecule has 1 heterocycles. The molecule has 0 amide bonds. The average molecular weight is 211 g/mol. The van der Waals surface area contributed by atoms with Gasteiger partial charge < -0.3 is 20.9 Å². The maximum atomic E-state index is 9.11. The normalized spacial score (nSPS) is 11.2. The van der Waals surface area contributed by atoms with Crippen molar-refractivity contribution in [2.75, 3.05) is 24.8 Å². The van der Waals surface area contributed by atoms with Crippen LogP contribution in [0.3, 0.4) is 0 Å². The number of hydrogen-bond acceptors (Lipinski definition) is 5. The molecule has 4 N–H and O–H groups in total. The Kier molecular flexibility index (Phi) is 3.36. The molecule has 84 valence electrons. The van der Waals surface area contributed by atoms with E-state index < -0.39 is 5.54 Å². The summed E-state index contributed by atoms with van der Waals surface area (Å²) in [6.07, 6.45) is 0. The van der Waals surface area contributed by atoms with Crippen molar-refractivity contribution in [3.63, 3.8) is 0 Å². The first kappa shape index (κ1) is 11.6. The van der Waals surface area contributed by atoms with E-state index in [1.165, 1.54) is 0 Å². The highest BCUT2D eigenvalue weighted by atomic mass is 16.5. The van der Waals surface area contributed by atoms with Crippen LogP contribution in [0.4, 0.5) is 11.5 Å². The summed E-state index contributed by atoms with van der Waals surface area (Å²) in [5, 5.41) is 12.2. The second kappa shape index (κ2) is 4.35. The van der Waals surface area contributed by atoms with Crippen LogP contribution in [0.5, 0.6) is 5.88 Å². The van der Waals surface area contributed by atoms with E-state index in [9.17, 15) is 0 Å². The highest BCUT2D eigenvalue weighted by Gasteiger charge is 2.18. The number of nitrogens with one attached hydrogen (secondary N) is 1. The quantitative estimate of drug-likeness (QED) is 0.688. The van der Waals surface area contributed by atoms with Crippen molar-refractivity contribution in [3.8, 4) is 5.88 Å². The molecule has 0 spiro atoms. The maximum Gasteiger partial charge on any atom is 0.215 e. The Morgan fingerprint density at radius 3 is 2.73 bits per heavy atom. The van der Waals surface area contributed by atoms with Crippen molar-refractivity contribution in [3.05, 3.63) is 12.1 Å². The van der Waals surface area contributed by atoms with Crippen LogP contribution in [-0.4, -0.2) is 29.3 Å². The van der Waals surface area contributed by atoms with Gasteiger partial charge in [-0.1, -0.05) is 0 Å². The van der Waals surface area contributed by atoms with E-state index in [2.05, 4.69) is 10.3 Å². The van der Waals surface area contributed by atoms with Crippen LogP contribution in [0.1, 0.15) is 13.8 Å². The van der Waals surface area contributed by atoms with Crippen LogP contribution in [0.2, 0.25) is 0 Å². The molecule has 1 aromatic heterocycles. The zero-order chi connectivity index (χ0) is 11.5. The summed E-state index contributed by atoms with van der Waals surface area (Å²) in [5.74, 6) is 1.01. The Morgan fingerprint density at radius 1 is 1.53 bits per heavy atom. The summed E-state index contributed by atoms with van der Waals surface area (Å²) >= 11 is 0. The fraction of sp³-hybridized carbons (Fsp3) is 0.500. The van der Waals surface area contributed by atoms with E-state index in [4.69, 9.17) is 15.6 Å². The van der Waals surface area contributed by atoms with Crippen LogP contribution >= 0.6 is 0 Å². The van der Waals surface area contributed by atoms with Crippen LogP contribution < -0.4 is 15.8 Å². The first-order valence-electron chi connectivity index (χ1n) is 4.68. The number of anilines is 2. The van der Waals surface area contributed by atoms with Crippen LogP contribution in [0.25, 0.3) is 0 Å². The zero-order valence-corrected chi connectivity index (χ0v) is 9.24. The standard InChI is InChI=1S/C10H17N3O2/c1-10(2,6-14)13-9-7(11)4-5-8(12-9)15-3/h4-5,14H,6,11H2,1-3H3,(H,12,13). The molecule has 1 aromatic rings. The number of nitrogen functional groups attached to an aromatic ring is 1. The molecule has 0 unspecified atom stereocenters. The van der Waals surface area contributed by atoms with Gasteiger partial charge in [-0.3, -0.25) is 0 Å². The van der Waals surface area contributed by atoms with Gasteiger partial charge in [0.2, 0.25) is 5.88 Å². The Morgan fingerprint density at radius 2 is 2.20 bits per heavy atom. The third-order valence-corrected chi connectivity index (χ3v) is 1.96. The summed E-state index contributed by atoms with van der Waals surface area (Å²) in [6.45, 7) is 3.70. The summed E-state index contributed by atoms with van der Waals surface area (Å²) in [4.78, 5) is 4.15. The van der Waals surface area contributed by atoms with Gasteiger partial charge in [0.05, 0.1) is 24.9 Å². The zero-order valence-electron chi connectivity index (χ0n) is 9.24. The molecule has 0 fully saturated rings. The van der Waals surface area contributed by atoms with Crippen molar-refractivity contribution in [2.45, 2.75) is 19.4 Å². The van der Waals surface area contributed by atoms with Crippen molar-refractivity contribution in [1.29, 1.82) is 0 Å². The Labute approximate surface area is 89.3 Å². The molecular weight excluding hydrogens is 194 g/mol. The molecule has 0 atom stereocenters. The fourth-order valence-corrected chi connectivity index (χ4v) is 1.03. The Balaban J connectivity index is 2.93. The molecule has 0 aliphatic carbocycles. The predicted octanol–water partition coefficient (Wildman–Crippen LogP) is 0.855. The lowest BCUT2D eigenvalue weighted by Crippen LogP contribution is -2.35. The van der Waals surface area contributed by atoms with Gasteiger partial charge in [-0.05, 0) is 19.9 Å². The molecule has 1 rings (SSSR count). The second-order valence-corrected chi connectivity index (χ2v) is 3.96. The maximum absolute atomic E-state index is 9.11. The molecule has 0 radical (unpaired) electrons. The number of aliphatic hydroxyl groups is 1. The summed E-state index contributed by atoms with van der Waals surface area (Å²) in [5.41, 5.74) is 5.80. The predicted molar refractivity (Wildman–Crippen MR) is 60.0 cm³/mol. The van der Waals surface area contributed by atoms with E-state index in [-0.39, 0.29) is 6.61 Å². The number of methoxy groups -OCH3 is 1. The molecule has 5 nitrogen and oxygen atoms in total. The molecule has 15 heavy (non-hydrogen) atoms. The number of aliphatic hydroxyl groups excluding tert-OH is 1. The van der Waals surface area contributed by atoms with Gasteiger partial charge in [0.1, 0.15) is 0 Å². The molecule has 0 aliphatic rings. The van der Waals surface area contributed by atoms with Crippen LogP contribution in [0, 0.1) is 0 Å². The van der Waals surface area contributed by atoms with E-state index in [0.717, 1.165) is 0 Å². The molecule has 0 bridgehead atoms. The van der Waals surface area contributed by atoms with Gasteiger partial charge in [0, 0.05) is 6.07 Å². The van der Waals surface area contributed by atoms with E-state index in [1.807, 2.05) is 13.8 Å². The minimum absolute atomic E-state index is 0.00860. The number of rotatable bonds is 4. The van der Waals surface area contributed by atoms with E-state index >= 15 is 0 Å². The first-order chi connectivity index (χ1) is 6.98. The number of ether oxygens (including phenoxy) is 1. The van der Waals surface area contributed by atoms with Crippen LogP contribution in [-0.2, 0) is 0 Å². The largest absolute Gasteiger partial charge is 0.481 e. The monoisotopic (exact) mass is 211 g/mol. The molecular formula is C10H17N3O2. The summed E-state index contributed by atoms with van der Waals surface area (Å²) in [6, 6.07) is 3.40. The smallest absolute Gasteiger partial charge is 0.215 e. The number of nitrogens with zero attached hydrogens (tertiary/aromatic N) is 1. The third-order valence-electron chi connectivity index (χ3n) is 1.96. The van der Waals surface area contributed by atoms with Gasteiger partial charge in [-0.25, -0.2) is 0 Å². The summed E-state index contributed by atoms with van der Waals surface area (Å²) < 4.78 is 4.99. The van der Waals surface area contributed by atoms with Gasteiger partial charge in [0.15, 0.2) is 5.82 Å². The lowest BCUT2D eigenvalue weighted by molar-refractivity contribution is 0.234. The van der Waals surface area contributed by atoms with E-state index in [1.54, 1.807) is 19.2 Å². The Hall–Kier alpha value is -1.49. The minimum Gasteiger partial charge on any atom is -0.481 e. The highest BCUT2D eigenvalue weighted by molar-refractivity contribution is 5.62. The van der Waals surface area contributed by atoms with Crippen LogP contribution in [0.15, 0.2) is 12.1 Å². The molecule has 0 aromatic carbocycles. The lowest BCUT2D eigenvalue weighted by atomic mass is 10.1. The highest BCUT2D eigenvalue weighted by Crippen LogP contribution is 2.22. The number of hydrogen-bond donors (Lipinski definition) is 3. The lowest BCUT2D eigenvalue weighted by Gasteiger charge is -2.25. The number of aromatic nitrogens is 1. The second-order valence-electron chi connectivity index (χ2n) is 3.96. The minimum atomic E-state index is -0.465. The average Bonchev–Trinajstić information content (AvgIpc) is 2.21. The van der Waals surface area contributed by atoms with E-state index in [0.29, 0.717) is 17.4 Å². The van der Waals surface area contributed by atoms with Crippen molar-refractivity contribution >= 4 is 11.5 Å². The SMILES string of the molecule is COc1ccc(N)c(NC(C)(C)CO)n1. The van der Waals surface area contributed by atoms with Gasteiger partial charge in [-0.15, -0.1) is 0 Å².